The second-order valence-corrected chi connectivity index (χ2v) is 8.50. The van der Waals surface area contributed by atoms with Crippen LogP contribution in [0.4, 0.5) is 8.78 Å². The van der Waals surface area contributed by atoms with Gasteiger partial charge in [-0.1, -0.05) is 19.3 Å². The molecule has 0 saturated heterocycles. The molecule has 3 atom stereocenters. The van der Waals surface area contributed by atoms with E-state index in [1.54, 1.807) is 0 Å². The minimum Gasteiger partial charge on any atom is -0.481 e. The molecule has 0 aromatic heterocycles. The van der Waals surface area contributed by atoms with Crippen LogP contribution < -0.4 is 4.72 Å². The number of halogens is 2. The van der Waals surface area contributed by atoms with Gasteiger partial charge in [0, 0.05) is 18.4 Å². The number of hydrogen-bond acceptors (Lipinski definition) is 3. The van der Waals surface area contributed by atoms with Gasteiger partial charge in [-0.25, -0.2) is 21.9 Å². The Morgan fingerprint density at radius 1 is 1.12 bits per heavy atom. The van der Waals surface area contributed by atoms with Crippen LogP contribution in [0.5, 0.6) is 0 Å². The summed E-state index contributed by atoms with van der Waals surface area (Å²) in [5.74, 6) is -1.72. The molecule has 0 amide bonds. The maximum absolute atomic E-state index is 14.2. The van der Waals surface area contributed by atoms with E-state index < -0.39 is 34.0 Å². The van der Waals surface area contributed by atoms with Crippen molar-refractivity contribution >= 4 is 16.0 Å². The fourth-order valence-corrected chi connectivity index (χ4v) is 4.76. The van der Waals surface area contributed by atoms with Crippen molar-refractivity contribution in [2.24, 2.45) is 5.92 Å². The molecule has 1 aliphatic carbocycles. The van der Waals surface area contributed by atoms with Gasteiger partial charge in [0.15, 0.2) is 0 Å². The van der Waals surface area contributed by atoms with Crippen molar-refractivity contribution in [1.29, 1.82) is 0 Å². The first-order valence-corrected chi connectivity index (χ1v) is 10.4. The third-order valence-electron chi connectivity index (χ3n) is 4.84. The van der Waals surface area contributed by atoms with Crippen molar-refractivity contribution in [2.45, 2.75) is 68.5 Å². The maximum atomic E-state index is 14.2. The monoisotopic (exact) mass is 389 g/mol. The smallest absolute Gasteiger partial charge is 0.303 e. The van der Waals surface area contributed by atoms with Gasteiger partial charge < -0.3 is 5.11 Å². The first kappa shape index (κ1) is 20.8. The van der Waals surface area contributed by atoms with Crippen molar-refractivity contribution in [1.82, 2.24) is 4.72 Å². The van der Waals surface area contributed by atoms with Crippen molar-refractivity contribution < 1.29 is 27.1 Å². The molecule has 2 N–H and O–H groups in total. The number of nitrogens with one attached hydrogen (secondary N) is 1. The van der Waals surface area contributed by atoms with Gasteiger partial charge in [-0.3, -0.25) is 4.79 Å². The highest BCUT2D eigenvalue weighted by molar-refractivity contribution is 7.89. The molecule has 1 aliphatic rings. The van der Waals surface area contributed by atoms with Gasteiger partial charge in [0.1, 0.15) is 12.0 Å². The standard InChI is InChI=1S/C18H25F2NO4S/c19-13-7-9-14(10-8-13)26(24,25)21-17-12-11-16(20)15(17)5-3-1-2-4-6-18(22)23/h7-10,15-17,21H,1-6,11-12H2,(H,22,23)/t15-,16+,17-/m0/s1. The Morgan fingerprint density at radius 2 is 1.77 bits per heavy atom. The molecule has 1 fully saturated rings. The highest BCUT2D eigenvalue weighted by Crippen LogP contribution is 2.34. The molecule has 1 aromatic carbocycles. The summed E-state index contributed by atoms with van der Waals surface area (Å²) < 4.78 is 54.6. The molecule has 8 heteroatoms. The summed E-state index contributed by atoms with van der Waals surface area (Å²) in [5, 5.41) is 8.59. The molecule has 1 aromatic rings. The second kappa shape index (κ2) is 9.41. The molecule has 0 bridgehead atoms. The van der Waals surface area contributed by atoms with E-state index in [1.165, 1.54) is 12.1 Å². The number of unbranched alkanes of at least 4 members (excludes halogenated alkanes) is 3. The molecule has 26 heavy (non-hydrogen) atoms. The van der Waals surface area contributed by atoms with E-state index in [1.807, 2.05) is 0 Å². The van der Waals surface area contributed by atoms with E-state index in [4.69, 9.17) is 5.11 Å². The zero-order valence-corrected chi connectivity index (χ0v) is 15.4. The molecule has 2 rings (SSSR count). The number of rotatable bonds is 10. The van der Waals surface area contributed by atoms with Crippen LogP contribution in [0.25, 0.3) is 0 Å². The fraction of sp³-hybridized carbons (Fsp3) is 0.611. The molecular formula is C18H25F2NO4S. The van der Waals surface area contributed by atoms with Gasteiger partial charge in [0.25, 0.3) is 0 Å². The van der Waals surface area contributed by atoms with Gasteiger partial charge in [0.2, 0.25) is 10.0 Å². The van der Waals surface area contributed by atoms with Crippen LogP contribution in [0.3, 0.4) is 0 Å². The number of carboxylic acid groups (broad SMARTS) is 1. The van der Waals surface area contributed by atoms with Gasteiger partial charge in [-0.05, 0) is 49.9 Å². The molecule has 0 radical (unpaired) electrons. The Morgan fingerprint density at radius 3 is 2.42 bits per heavy atom. The normalized spacial score (nSPS) is 23.2. The van der Waals surface area contributed by atoms with Crippen LogP contribution in [0, 0.1) is 11.7 Å². The Labute approximate surface area is 152 Å². The van der Waals surface area contributed by atoms with Gasteiger partial charge in [-0.2, -0.15) is 0 Å². The summed E-state index contributed by atoms with van der Waals surface area (Å²) in [6.45, 7) is 0. The maximum Gasteiger partial charge on any atom is 0.303 e. The average molecular weight is 389 g/mol. The summed E-state index contributed by atoms with van der Waals surface area (Å²) >= 11 is 0. The molecule has 0 aliphatic heterocycles. The van der Waals surface area contributed by atoms with Crippen molar-refractivity contribution in [3.8, 4) is 0 Å². The lowest BCUT2D eigenvalue weighted by Gasteiger charge is -2.22. The topological polar surface area (TPSA) is 83.5 Å². The lowest BCUT2D eigenvalue weighted by molar-refractivity contribution is -0.137. The van der Waals surface area contributed by atoms with Crippen LogP contribution in [-0.4, -0.2) is 31.7 Å². The summed E-state index contributed by atoms with van der Waals surface area (Å²) in [4.78, 5) is 10.4. The highest BCUT2D eigenvalue weighted by Gasteiger charge is 2.38. The first-order chi connectivity index (χ1) is 12.3. The Balaban J connectivity index is 1.87. The fourth-order valence-electron chi connectivity index (χ4n) is 3.44. The quantitative estimate of drug-likeness (QED) is 0.599. The summed E-state index contributed by atoms with van der Waals surface area (Å²) in [7, 11) is -3.81. The third kappa shape index (κ3) is 6.02. The molecule has 0 heterocycles. The Hall–Kier alpha value is -1.54. The number of carboxylic acids is 1. The third-order valence-corrected chi connectivity index (χ3v) is 6.35. The van der Waals surface area contributed by atoms with Crippen molar-refractivity contribution in [2.75, 3.05) is 0 Å². The van der Waals surface area contributed by atoms with Crippen LogP contribution in [-0.2, 0) is 14.8 Å². The minimum absolute atomic E-state index is 0.0337. The molecule has 1 saturated carbocycles. The molecule has 0 spiro atoms. The molecule has 5 nitrogen and oxygen atoms in total. The SMILES string of the molecule is O=C(O)CCCCCC[C@H]1[C@H](F)CC[C@@H]1NS(=O)(=O)c1ccc(F)cc1. The second-order valence-electron chi connectivity index (χ2n) is 6.79. The van der Waals surface area contributed by atoms with E-state index in [-0.39, 0.29) is 17.2 Å². The molecule has 146 valence electrons. The minimum atomic E-state index is -3.81. The number of alkyl halides is 1. The number of sulfonamides is 1. The number of carbonyl (C=O) groups is 1. The van der Waals surface area contributed by atoms with Crippen LogP contribution >= 0.6 is 0 Å². The van der Waals surface area contributed by atoms with Gasteiger partial charge >= 0.3 is 5.97 Å². The Kier molecular flexibility index (Phi) is 7.52. The number of aliphatic carboxylic acids is 1. The molecule has 0 unspecified atom stereocenters. The zero-order chi connectivity index (χ0) is 19.2. The zero-order valence-electron chi connectivity index (χ0n) is 14.5. The van der Waals surface area contributed by atoms with Crippen LogP contribution in [0.2, 0.25) is 0 Å². The van der Waals surface area contributed by atoms with Crippen LogP contribution in [0.15, 0.2) is 29.2 Å². The lowest BCUT2D eigenvalue weighted by atomic mass is 9.95. The van der Waals surface area contributed by atoms with E-state index >= 15 is 0 Å². The molecular weight excluding hydrogens is 364 g/mol. The predicted molar refractivity (Wildman–Crippen MR) is 93.5 cm³/mol. The Bertz CT molecular complexity index is 694. The lowest BCUT2D eigenvalue weighted by Crippen LogP contribution is -2.39. The number of benzene rings is 1. The first-order valence-electron chi connectivity index (χ1n) is 8.93. The summed E-state index contributed by atoms with van der Waals surface area (Å²) in [6, 6.07) is 4.07. The highest BCUT2D eigenvalue weighted by atomic mass is 32.2. The van der Waals surface area contributed by atoms with E-state index in [2.05, 4.69) is 4.72 Å². The van der Waals surface area contributed by atoms with Gasteiger partial charge in [-0.15, -0.1) is 0 Å². The van der Waals surface area contributed by atoms with Crippen LogP contribution in [0.1, 0.15) is 51.4 Å². The number of hydrogen-bond donors (Lipinski definition) is 2. The van der Waals surface area contributed by atoms with Crippen molar-refractivity contribution in [3.63, 3.8) is 0 Å². The summed E-state index contributed by atoms with van der Waals surface area (Å²) in [5.41, 5.74) is 0. The summed E-state index contributed by atoms with van der Waals surface area (Å²) in [6.07, 6.45) is 3.30. The van der Waals surface area contributed by atoms with E-state index in [9.17, 15) is 22.0 Å². The van der Waals surface area contributed by atoms with Crippen molar-refractivity contribution in [3.05, 3.63) is 30.1 Å². The van der Waals surface area contributed by atoms with Gasteiger partial charge in [0.05, 0.1) is 4.90 Å². The van der Waals surface area contributed by atoms with E-state index in [0.717, 1.165) is 31.4 Å². The van der Waals surface area contributed by atoms with E-state index in [0.29, 0.717) is 25.7 Å². The largest absolute Gasteiger partial charge is 0.481 e. The average Bonchev–Trinajstić information content (AvgIpc) is 2.90. The predicted octanol–water partition coefficient (Wildman–Crippen LogP) is 3.65.